The van der Waals surface area contributed by atoms with Crippen molar-refractivity contribution in [2.24, 2.45) is 5.41 Å². The molecule has 1 atom stereocenters. The number of hydrogen-bond acceptors (Lipinski definition) is 5. The zero-order chi connectivity index (χ0) is 24.2. The molecular weight excluding hydrogens is 457 g/mol. The van der Waals surface area contributed by atoms with E-state index in [1.807, 2.05) is 51.1 Å². The topological polar surface area (TPSA) is 83.9 Å². The Morgan fingerprint density at radius 2 is 1.85 bits per heavy atom. The van der Waals surface area contributed by atoms with Crippen molar-refractivity contribution in [2.75, 3.05) is 11.6 Å². The molecule has 1 heterocycles. The number of carboxylic acid groups (broad SMARTS) is 1. The molecule has 1 fully saturated rings. The zero-order valence-corrected chi connectivity index (χ0v) is 21.1. The van der Waals surface area contributed by atoms with Crippen molar-refractivity contribution in [1.29, 1.82) is 0 Å². The molecule has 1 amide bonds. The van der Waals surface area contributed by atoms with Crippen molar-refractivity contribution in [2.45, 2.75) is 58.6 Å². The minimum absolute atomic E-state index is 0.112. The first-order valence-corrected chi connectivity index (χ1v) is 13.8. The van der Waals surface area contributed by atoms with Crippen LogP contribution in [0, 0.1) is 17.3 Å². The summed E-state index contributed by atoms with van der Waals surface area (Å²) < 4.78 is 19.1. The smallest absolute Gasteiger partial charge is 0.348 e. The molecule has 1 aromatic heterocycles. The van der Waals surface area contributed by atoms with E-state index in [1.165, 1.54) is 4.90 Å². The van der Waals surface area contributed by atoms with Crippen molar-refractivity contribution >= 4 is 42.1 Å². The molecule has 0 bridgehead atoms. The van der Waals surface area contributed by atoms with Crippen LogP contribution in [-0.4, -0.2) is 36.3 Å². The van der Waals surface area contributed by atoms with Crippen LogP contribution in [0.15, 0.2) is 36.4 Å². The van der Waals surface area contributed by atoms with E-state index in [9.17, 15) is 19.3 Å². The zero-order valence-electron chi connectivity index (χ0n) is 19.4. The van der Waals surface area contributed by atoms with Gasteiger partial charge in [0.1, 0.15) is 4.88 Å². The Balaban J connectivity index is 1.73. The van der Waals surface area contributed by atoms with Gasteiger partial charge >= 0.3 is 5.97 Å². The van der Waals surface area contributed by atoms with Gasteiger partial charge in [0, 0.05) is 23.4 Å². The molecule has 2 aromatic rings. The summed E-state index contributed by atoms with van der Waals surface area (Å²) in [6.07, 6.45) is 3.09. The van der Waals surface area contributed by atoms with Gasteiger partial charge in [0.25, 0.3) is 0 Å². The largest absolute Gasteiger partial charge is 0.477 e. The maximum absolute atomic E-state index is 13.1. The molecule has 3 rings (SSSR count). The predicted molar refractivity (Wildman–Crippen MR) is 133 cm³/mol. The molecule has 176 valence electrons. The number of amides is 1. The van der Waals surface area contributed by atoms with Crippen LogP contribution in [0.1, 0.15) is 61.0 Å². The summed E-state index contributed by atoms with van der Waals surface area (Å²) in [5, 5.41) is 10.4. The first kappa shape index (κ1) is 25.2. The Bertz CT molecular complexity index is 1100. The molecule has 1 N–H and O–H groups in total. The minimum Gasteiger partial charge on any atom is -0.477 e. The van der Waals surface area contributed by atoms with Crippen LogP contribution in [-0.2, 0) is 13.9 Å². The maximum Gasteiger partial charge on any atom is 0.348 e. The summed E-state index contributed by atoms with van der Waals surface area (Å²) >= 11 is 1.09. The summed E-state index contributed by atoms with van der Waals surface area (Å²) in [6, 6.07) is 10.7. The lowest BCUT2D eigenvalue weighted by molar-refractivity contribution is -0.108. The van der Waals surface area contributed by atoms with Gasteiger partial charge in [0.15, 0.2) is 0 Å². The molecule has 1 saturated carbocycles. The fourth-order valence-electron chi connectivity index (χ4n) is 3.85. The van der Waals surface area contributed by atoms with Crippen LogP contribution in [0.3, 0.4) is 0 Å². The normalized spacial score (nSPS) is 20.2. The highest BCUT2D eigenvalue weighted by Crippen LogP contribution is 2.45. The van der Waals surface area contributed by atoms with E-state index in [1.54, 1.807) is 12.7 Å². The van der Waals surface area contributed by atoms with E-state index < -0.39 is 13.3 Å². The molecule has 0 aliphatic heterocycles. The molecule has 1 unspecified atom stereocenters. The molecule has 6 nitrogen and oxygen atoms in total. The highest BCUT2D eigenvalue weighted by molar-refractivity contribution is 7.66. The third kappa shape index (κ3) is 6.57. The van der Waals surface area contributed by atoms with E-state index in [0.29, 0.717) is 48.0 Å². The van der Waals surface area contributed by atoms with Gasteiger partial charge in [-0.15, -0.1) is 11.3 Å². The Morgan fingerprint density at radius 1 is 1.21 bits per heavy atom. The number of carbonyl (C=O) groups excluding carboxylic acids is 1. The van der Waals surface area contributed by atoms with E-state index >= 15 is 0 Å². The molecule has 1 aliphatic carbocycles. The van der Waals surface area contributed by atoms with Crippen molar-refractivity contribution in [1.82, 2.24) is 0 Å². The van der Waals surface area contributed by atoms with Crippen LogP contribution in [0.25, 0.3) is 0 Å². The Labute approximate surface area is 199 Å². The number of anilines is 1. The number of carboxylic acids is 1. The van der Waals surface area contributed by atoms with Gasteiger partial charge in [0.05, 0.1) is 16.7 Å². The van der Waals surface area contributed by atoms with Gasteiger partial charge in [-0.1, -0.05) is 30.0 Å². The highest BCUT2D eigenvalue weighted by Gasteiger charge is 2.32. The Morgan fingerprint density at radius 3 is 2.39 bits per heavy atom. The second kappa shape index (κ2) is 10.3. The number of hydrogen-bond donors (Lipinski definition) is 1. The van der Waals surface area contributed by atoms with Crippen molar-refractivity contribution < 1.29 is 23.8 Å². The number of nitrogens with zero attached hydrogens (tertiary/aromatic N) is 1. The number of thiophene rings is 1. The molecule has 1 aromatic carbocycles. The summed E-state index contributed by atoms with van der Waals surface area (Å²) in [4.78, 5) is 26.1. The first-order valence-electron chi connectivity index (χ1n) is 11.0. The highest BCUT2D eigenvalue weighted by atomic mass is 32.1. The van der Waals surface area contributed by atoms with E-state index in [0.717, 1.165) is 11.3 Å². The van der Waals surface area contributed by atoms with Crippen LogP contribution in [0.2, 0.25) is 0 Å². The second-order valence-corrected chi connectivity index (χ2v) is 12.8. The maximum atomic E-state index is 13.1. The fourth-order valence-corrected chi connectivity index (χ4v) is 6.31. The number of benzene rings is 1. The van der Waals surface area contributed by atoms with Crippen molar-refractivity contribution in [3.63, 3.8) is 0 Å². The van der Waals surface area contributed by atoms with Gasteiger partial charge in [-0.25, -0.2) is 4.79 Å². The third-order valence-corrected chi connectivity index (χ3v) is 8.44. The Kier molecular flexibility index (Phi) is 7.84. The molecule has 0 radical (unpaired) electrons. The van der Waals surface area contributed by atoms with Crippen LogP contribution in [0.4, 0.5) is 5.69 Å². The average molecular weight is 488 g/mol. The fraction of sp³-hybridized carbons (Fsp3) is 0.440. The van der Waals surface area contributed by atoms with Crippen LogP contribution >= 0.6 is 18.7 Å². The van der Waals surface area contributed by atoms with E-state index in [2.05, 4.69) is 11.8 Å². The van der Waals surface area contributed by atoms with Gasteiger partial charge in [-0.2, -0.15) is 0 Å². The Hall–Kier alpha value is -2.39. The van der Waals surface area contributed by atoms with Gasteiger partial charge in [0.2, 0.25) is 13.8 Å². The number of aromatic carboxylic acids is 1. The van der Waals surface area contributed by atoms with Gasteiger partial charge < -0.3 is 14.5 Å². The standard InChI is InChI=1S/C25H30NO5PS/c1-25(2,3)15-14-21-16-22(23(33-21)24(28)29)26(17-27)18-10-12-19(13-11-18)31-32(4,30)20-8-6-5-7-9-20/h5-9,16-19H,10-13H2,1-4H3,(H,28,29)/t18-,19-,32?. The predicted octanol–water partition coefficient (Wildman–Crippen LogP) is 5.37. The summed E-state index contributed by atoms with van der Waals surface area (Å²) in [7, 11) is -2.94. The SMILES string of the molecule is CC(C)(C)C#Cc1cc(N(C=O)[C@H]2CC[C@H](OP(C)(=O)c3ccccc3)CC2)c(C(=O)O)s1. The third-order valence-electron chi connectivity index (χ3n) is 5.47. The molecule has 33 heavy (non-hydrogen) atoms. The van der Waals surface area contributed by atoms with Crippen LogP contribution in [0.5, 0.6) is 0 Å². The minimum atomic E-state index is -2.94. The van der Waals surface area contributed by atoms with E-state index in [4.69, 9.17) is 4.52 Å². The van der Waals surface area contributed by atoms with Crippen molar-refractivity contribution in [3.05, 3.63) is 46.2 Å². The quantitative estimate of drug-likeness (QED) is 0.323. The van der Waals surface area contributed by atoms with Gasteiger partial charge in [-0.05, 0) is 64.7 Å². The number of rotatable bonds is 7. The molecular formula is C25H30NO5PS. The molecule has 0 spiro atoms. The lowest BCUT2D eigenvalue weighted by Crippen LogP contribution is -2.39. The monoisotopic (exact) mass is 487 g/mol. The van der Waals surface area contributed by atoms with E-state index in [-0.39, 0.29) is 22.4 Å². The lowest BCUT2D eigenvalue weighted by atomic mass is 9.92. The summed E-state index contributed by atoms with van der Waals surface area (Å²) in [6.45, 7) is 7.59. The van der Waals surface area contributed by atoms with Crippen molar-refractivity contribution in [3.8, 4) is 11.8 Å². The second-order valence-electron chi connectivity index (χ2n) is 9.36. The summed E-state index contributed by atoms with van der Waals surface area (Å²) in [5.41, 5.74) is 0.171. The summed E-state index contributed by atoms with van der Waals surface area (Å²) in [5.74, 6) is 5.08. The lowest BCUT2D eigenvalue weighted by Gasteiger charge is -2.35. The molecule has 1 aliphatic rings. The molecule has 0 saturated heterocycles. The van der Waals surface area contributed by atoms with Gasteiger partial charge in [-0.3, -0.25) is 9.36 Å². The number of carbonyl (C=O) groups is 2. The average Bonchev–Trinajstić information content (AvgIpc) is 3.18. The van der Waals surface area contributed by atoms with Crippen LogP contribution < -0.4 is 10.2 Å². The first-order chi connectivity index (χ1) is 15.5. The molecule has 8 heteroatoms.